The van der Waals surface area contributed by atoms with E-state index < -0.39 is 5.97 Å². The van der Waals surface area contributed by atoms with Gasteiger partial charge in [-0.25, -0.2) is 0 Å². The van der Waals surface area contributed by atoms with E-state index >= 15 is 0 Å². The fourth-order valence-corrected chi connectivity index (χ4v) is 2.73. The van der Waals surface area contributed by atoms with Crippen LogP contribution >= 0.6 is 11.8 Å². The van der Waals surface area contributed by atoms with Crippen molar-refractivity contribution in [3.8, 4) is 0 Å². The SMILES string of the molecule is CCCC(Sc1ccc(C)cc1C)C(=O)O. The van der Waals surface area contributed by atoms with E-state index in [1.807, 2.05) is 32.9 Å². The van der Waals surface area contributed by atoms with Gasteiger partial charge in [-0.3, -0.25) is 4.79 Å². The standard InChI is InChI=1S/C13H18O2S/c1-4-5-12(13(14)15)16-11-7-6-9(2)8-10(11)3/h6-8,12H,4-5H2,1-3H3,(H,14,15). The molecule has 0 spiro atoms. The smallest absolute Gasteiger partial charge is 0.316 e. The first-order valence-electron chi connectivity index (χ1n) is 5.51. The predicted molar refractivity (Wildman–Crippen MR) is 68.1 cm³/mol. The summed E-state index contributed by atoms with van der Waals surface area (Å²) in [4.78, 5) is 12.1. The molecule has 0 aliphatic carbocycles. The van der Waals surface area contributed by atoms with Crippen molar-refractivity contribution in [2.24, 2.45) is 0 Å². The molecule has 1 rings (SSSR count). The molecule has 1 atom stereocenters. The quantitative estimate of drug-likeness (QED) is 0.796. The highest BCUT2D eigenvalue weighted by Gasteiger charge is 2.18. The lowest BCUT2D eigenvalue weighted by molar-refractivity contribution is -0.136. The van der Waals surface area contributed by atoms with E-state index in [0.29, 0.717) is 6.42 Å². The van der Waals surface area contributed by atoms with E-state index in [1.54, 1.807) is 0 Å². The van der Waals surface area contributed by atoms with Crippen LogP contribution in [0.3, 0.4) is 0 Å². The fraction of sp³-hybridized carbons (Fsp3) is 0.462. The van der Waals surface area contributed by atoms with Gasteiger partial charge in [0.15, 0.2) is 0 Å². The second-order valence-electron chi connectivity index (χ2n) is 4.00. The Morgan fingerprint density at radius 2 is 2.12 bits per heavy atom. The highest BCUT2D eigenvalue weighted by atomic mass is 32.2. The van der Waals surface area contributed by atoms with Gasteiger partial charge in [0.1, 0.15) is 5.25 Å². The number of hydrogen-bond donors (Lipinski definition) is 1. The van der Waals surface area contributed by atoms with Gasteiger partial charge >= 0.3 is 5.97 Å². The zero-order valence-electron chi connectivity index (χ0n) is 9.99. The van der Waals surface area contributed by atoms with Crippen LogP contribution in [0.25, 0.3) is 0 Å². The topological polar surface area (TPSA) is 37.3 Å². The van der Waals surface area contributed by atoms with Crippen molar-refractivity contribution in [1.82, 2.24) is 0 Å². The third-order valence-corrected chi connectivity index (χ3v) is 3.86. The van der Waals surface area contributed by atoms with Crippen LogP contribution in [0.1, 0.15) is 30.9 Å². The number of carboxylic acids is 1. The van der Waals surface area contributed by atoms with Gasteiger partial charge in [-0.1, -0.05) is 31.0 Å². The van der Waals surface area contributed by atoms with E-state index in [9.17, 15) is 4.79 Å². The second kappa shape index (κ2) is 5.94. The van der Waals surface area contributed by atoms with E-state index in [2.05, 4.69) is 6.07 Å². The summed E-state index contributed by atoms with van der Waals surface area (Å²) in [5.41, 5.74) is 2.37. The minimum atomic E-state index is -0.716. The molecule has 16 heavy (non-hydrogen) atoms. The zero-order chi connectivity index (χ0) is 12.1. The van der Waals surface area contributed by atoms with E-state index in [0.717, 1.165) is 16.9 Å². The molecular formula is C13H18O2S. The van der Waals surface area contributed by atoms with Gasteiger partial charge in [-0.2, -0.15) is 0 Å². The van der Waals surface area contributed by atoms with Gasteiger partial charge in [0.25, 0.3) is 0 Å². The Bertz CT molecular complexity index is 374. The summed E-state index contributed by atoms with van der Waals surface area (Å²) in [6.07, 6.45) is 1.61. The van der Waals surface area contributed by atoms with Gasteiger partial charge in [0.05, 0.1) is 0 Å². The molecule has 0 fully saturated rings. The first-order chi connectivity index (χ1) is 7.54. The molecule has 0 saturated carbocycles. The number of rotatable bonds is 5. The largest absolute Gasteiger partial charge is 0.480 e. The number of carbonyl (C=O) groups is 1. The number of aliphatic carboxylic acids is 1. The maximum absolute atomic E-state index is 11.1. The Balaban J connectivity index is 2.81. The Labute approximate surface area is 101 Å². The summed E-state index contributed by atoms with van der Waals surface area (Å²) in [6.45, 7) is 6.08. The molecule has 1 aromatic carbocycles. The predicted octanol–water partition coefficient (Wildman–Crippen LogP) is 3.65. The van der Waals surface area contributed by atoms with Crippen molar-refractivity contribution >= 4 is 17.7 Å². The van der Waals surface area contributed by atoms with Crippen LogP contribution in [0, 0.1) is 13.8 Å². The molecule has 0 radical (unpaired) electrons. The van der Waals surface area contributed by atoms with Gasteiger partial charge < -0.3 is 5.11 Å². The maximum Gasteiger partial charge on any atom is 0.316 e. The molecule has 0 amide bonds. The second-order valence-corrected chi connectivity index (χ2v) is 5.25. The van der Waals surface area contributed by atoms with Gasteiger partial charge in [0, 0.05) is 4.90 Å². The molecule has 0 aliphatic rings. The van der Waals surface area contributed by atoms with Crippen molar-refractivity contribution in [3.05, 3.63) is 29.3 Å². The summed E-state index contributed by atoms with van der Waals surface area (Å²) < 4.78 is 0. The van der Waals surface area contributed by atoms with Crippen molar-refractivity contribution in [2.45, 2.75) is 43.8 Å². The minimum absolute atomic E-state index is 0.327. The lowest BCUT2D eigenvalue weighted by atomic mass is 10.2. The highest BCUT2D eigenvalue weighted by Crippen LogP contribution is 2.29. The van der Waals surface area contributed by atoms with E-state index in [-0.39, 0.29) is 5.25 Å². The number of benzene rings is 1. The first kappa shape index (κ1) is 13.1. The van der Waals surface area contributed by atoms with Crippen LogP contribution in [0.2, 0.25) is 0 Å². The van der Waals surface area contributed by atoms with Crippen LogP contribution in [0.4, 0.5) is 0 Å². The van der Waals surface area contributed by atoms with Crippen LogP contribution in [0.15, 0.2) is 23.1 Å². The molecule has 0 bridgehead atoms. The lowest BCUT2D eigenvalue weighted by Crippen LogP contribution is -2.15. The first-order valence-corrected chi connectivity index (χ1v) is 6.39. The summed E-state index contributed by atoms with van der Waals surface area (Å²) in [6, 6.07) is 6.13. The third-order valence-electron chi connectivity index (χ3n) is 2.43. The number of carboxylic acid groups (broad SMARTS) is 1. The van der Waals surface area contributed by atoms with Gasteiger partial charge in [-0.15, -0.1) is 11.8 Å². The Kier molecular flexibility index (Phi) is 4.87. The average molecular weight is 238 g/mol. The van der Waals surface area contributed by atoms with Crippen molar-refractivity contribution in [2.75, 3.05) is 0 Å². The summed E-state index contributed by atoms with van der Waals surface area (Å²) >= 11 is 1.46. The Morgan fingerprint density at radius 1 is 1.44 bits per heavy atom. The van der Waals surface area contributed by atoms with Crippen LogP contribution in [-0.4, -0.2) is 16.3 Å². The summed E-state index contributed by atoms with van der Waals surface area (Å²) in [7, 11) is 0. The average Bonchev–Trinajstić information content (AvgIpc) is 2.20. The van der Waals surface area contributed by atoms with Crippen molar-refractivity contribution in [1.29, 1.82) is 0 Å². The van der Waals surface area contributed by atoms with E-state index in [1.165, 1.54) is 17.3 Å². The molecule has 0 saturated heterocycles. The number of thioether (sulfide) groups is 1. The van der Waals surface area contributed by atoms with Gasteiger partial charge in [-0.05, 0) is 31.9 Å². The molecule has 3 heteroatoms. The number of hydrogen-bond acceptors (Lipinski definition) is 2. The molecule has 0 aliphatic heterocycles. The molecule has 1 unspecified atom stereocenters. The van der Waals surface area contributed by atoms with Crippen molar-refractivity contribution in [3.63, 3.8) is 0 Å². The van der Waals surface area contributed by atoms with Crippen LogP contribution in [0.5, 0.6) is 0 Å². The molecule has 2 nitrogen and oxygen atoms in total. The minimum Gasteiger partial charge on any atom is -0.480 e. The van der Waals surface area contributed by atoms with E-state index in [4.69, 9.17) is 5.11 Å². The fourth-order valence-electron chi connectivity index (χ4n) is 1.58. The monoisotopic (exact) mass is 238 g/mol. The van der Waals surface area contributed by atoms with Crippen molar-refractivity contribution < 1.29 is 9.90 Å². The van der Waals surface area contributed by atoms with Gasteiger partial charge in [0.2, 0.25) is 0 Å². The molecule has 1 aromatic rings. The molecule has 0 heterocycles. The Morgan fingerprint density at radius 3 is 2.62 bits per heavy atom. The number of aryl methyl sites for hydroxylation is 2. The molecule has 0 aromatic heterocycles. The zero-order valence-corrected chi connectivity index (χ0v) is 10.8. The lowest BCUT2D eigenvalue weighted by Gasteiger charge is -2.13. The molecule has 1 N–H and O–H groups in total. The highest BCUT2D eigenvalue weighted by molar-refractivity contribution is 8.00. The third kappa shape index (κ3) is 3.56. The van der Waals surface area contributed by atoms with Crippen LogP contribution < -0.4 is 0 Å². The normalized spacial score (nSPS) is 12.4. The summed E-state index contributed by atoms with van der Waals surface area (Å²) in [5.74, 6) is -0.716. The molecular weight excluding hydrogens is 220 g/mol. The molecule has 88 valence electrons. The maximum atomic E-state index is 11.1. The summed E-state index contributed by atoms with van der Waals surface area (Å²) in [5, 5.41) is 8.76. The Hall–Kier alpha value is -0.960. The van der Waals surface area contributed by atoms with Crippen LogP contribution in [-0.2, 0) is 4.79 Å².